The third-order valence-electron chi connectivity index (χ3n) is 1.69. The fraction of sp³-hybridized carbons (Fsp3) is 0.300. The molecule has 0 aliphatic carbocycles. The van der Waals surface area contributed by atoms with E-state index in [0.29, 0.717) is 11.6 Å². The highest BCUT2D eigenvalue weighted by Gasteiger charge is 1.92. The summed E-state index contributed by atoms with van der Waals surface area (Å²) in [7, 11) is 0. The zero-order valence-electron chi connectivity index (χ0n) is 8.70. The van der Waals surface area contributed by atoms with E-state index in [9.17, 15) is 0 Å². The number of benzene rings is 1. The Kier molecular flexibility index (Phi) is 4.43. The molecule has 0 saturated carbocycles. The van der Waals surface area contributed by atoms with Crippen molar-refractivity contribution in [2.75, 3.05) is 6.54 Å². The molecule has 0 aliphatic rings. The average molecular weight is 208 g/mol. The number of nitrogens with two attached hydrogens (primary N) is 1. The van der Waals surface area contributed by atoms with E-state index in [2.05, 4.69) is 22.8 Å². The van der Waals surface area contributed by atoms with Crippen molar-refractivity contribution in [3.05, 3.63) is 24.3 Å². The fourth-order valence-corrected chi connectivity index (χ4v) is 0.972. The normalized spacial score (nSPS) is 11.4. The molecule has 0 amide bonds. The van der Waals surface area contributed by atoms with Crippen LogP contribution in [-0.4, -0.2) is 17.6 Å². The number of hydrogen-bond acceptors (Lipinski definition) is 3. The maximum atomic E-state index is 9.06. The van der Waals surface area contributed by atoms with E-state index in [0.717, 1.165) is 13.0 Å². The van der Waals surface area contributed by atoms with Gasteiger partial charge in [0.2, 0.25) is 5.96 Å². The van der Waals surface area contributed by atoms with Gasteiger partial charge in [0.1, 0.15) is 5.75 Å². The smallest absolute Gasteiger partial charge is 0.208 e. The van der Waals surface area contributed by atoms with E-state index in [4.69, 9.17) is 10.8 Å². The van der Waals surface area contributed by atoms with Crippen molar-refractivity contribution in [2.24, 2.45) is 10.7 Å². The molecule has 0 heterocycles. The zero-order chi connectivity index (χ0) is 11.1. The Morgan fingerprint density at radius 1 is 1.40 bits per heavy atom. The minimum atomic E-state index is 0.213. The van der Waals surface area contributed by atoms with Gasteiger partial charge in [-0.2, -0.15) is 0 Å². The van der Waals surface area contributed by atoms with Crippen LogP contribution in [-0.2, 0) is 0 Å². The van der Waals surface area contributed by atoms with Crippen molar-refractivity contribution in [2.45, 2.75) is 13.3 Å². The predicted octanol–water partition coefficient (Wildman–Crippen LogP) is 0.843. The maximum absolute atomic E-state index is 9.06. The summed E-state index contributed by atoms with van der Waals surface area (Å²) in [4.78, 5) is 4.08. The van der Waals surface area contributed by atoms with Crippen molar-refractivity contribution in [3.8, 4) is 5.75 Å². The van der Waals surface area contributed by atoms with Crippen LogP contribution in [0.3, 0.4) is 0 Å². The maximum Gasteiger partial charge on any atom is 0.208 e. The topological polar surface area (TPSA) is 82.7 Å². The summed E-state index contributed by atoms with van der Waals surface area (Å²) in [5.74, 6) is 0.513. The van der Waals surface area contributed by atoms with Gasteiger partial charge in [-0.3, -0.25) is 5.43 Å². The summed E-state index contributed by atoms with van der Waals surface area (Å²) in [5.41, 5.74) is 12.0. The van der Waals surface area contributed by atoms with Gasteiger partial charge in [0.15, 0.2) is 0 Å². The lowest BCUT2D eigenvalue weighted by Gasteiger charge is -2.05. The van der Waals surface area contributed by atoms with Gasteiger partial charge >= 0.3 is 0 Å². The lowest BCUT2D eigenvalue weighted by molar-refractivity contribution is 0.475. The third-order valence-corrected chi connectivity index (χ3v) is 1.69. The number of hydrazine groups is 1. The van der Waals surface area contributed by atoms with E-state index in [1.807, 2.05) is 0 Å². The molecular weight excluding hydrogens is 192 g/mol. The Balaban J connectivity index is 2.50. The van der Waals surface area contributed by atoms with Gasteiger partial charge in [0.05, 0.1) is 5.69 Å². The molecule has 5 nitrogen and oxygen atoms in total. The van der Waals surface area contributed by atoms with Crippen LogP contribution in [0.2, 0.25) is 0 Å². The van der Waals surface area contributed by atoms with Crippen molar-refractivity contribution in [1.29, 1.82) is 0 Å². The highest BCUT2D eigenvalue weighted by molar-refractivity contribution is 5.80. The number of nitrogens with zero attached hydrogens (tertiary/aromatic N) is 1. The number of nitrogens with one attached hydrogen (secondary N) is 2. The number of aliphatic imine (C=N–C) groups is 1. The second-order valence-corrected chi connectivity index (χ2v) is 3.07. The fourth-order valence-electron chi connectivity index (χ4n) is 0.972. The number of phenols is 1. The predicted molar refractivity (Wildman–Crippen MR) is 60.8 cm³/mol. The molecule has 1 rings (SSSR count). The SMILES string of the molecule is CCCNNC(N)=Nc1ccc(O)cc1. The van der Waals surface area contributed by atoms with E-state index < -0.39 is 0 Å². The average Bonchev–Trinajstić information content (AvgIpc) is 2.22. The second kappa shape index (κ2) is 5.87. The van der Waals surface area contributed by atoms with Gasteiger partial charge in [0, 0.05) is 6.54 Å². The monoisotopic (exact) mass is 208 g/mol. The molecule has 0 bridgehead atoms. The summed E-state index contributed by atoms with van der Waals surface area (Å²) < 4.78 is 0. The lowest BCUT2D eigenvalue weighted by Crippen LogP contribution is -2.42. The van der Waals surface area contributed by atoms with Crippen LogP contribution in [0.5, 0.6) is 5.75 Å². The largest absolute Gasteiger partial charge is 0.508 e. The first-order valence-corrected chi connectivity index (χ1v) is 4.84. The van der Waals surface area contributed by atoms with E-state index in [1.54, 1.807) is 24.3 Å². The van der Waals surface area contributed by atoms with Gasteiger partial charge in [0.25, 0.3) is 0 Å². The molecule has 5 N–H and O–H groups in total. The van der Waals surface area contributed by atoms with Crippen molar-refractivity contribution in [3.63, 3.8) is 0 Å². The number of aromatic hydroxyl groups is 1. The minimum absolute atomic E-state index is 0.213. The van der Waals surface area contributed by atoms with Crippen LogP contribution < -0.4 is 16.6 Å². The van der Waals surface area contributed by atoms with Gasteiger partial charge in [-0.05, 0) is 30.7 Å². The van der Waals surface area contributed by atoms with Gasteiger partial charge in [-0.25, -0.2) is 10.4 Å². The van der Waals surface area contributed by atoms with Crippen LogP contribution in [0.15, 0.2) is 29.3 Å². The van der Waals surface area contributed by atoms with E-state index in [1.165, 1.54) is 0 Å². The Morgan fingerprint density at radius 3 is 2.67 bits per heavy atom. The van der Waals surface area contributed by atoms with Crippen molar-refractivity contribution < 1.29 is 5.11 Å². The highest BCUT2D eigenvalue weighted by atomic mass is 16.3. The molecule has 0 fully saturated rings. The number of rotatable bonds is 4. The third kappa shape index (κ3) is 4.33. The van der Waals surface area contributed by atoms with Crippen LogP contribution in [0.25, 0.3) is 0 Å². The molecule has 0 atom stereocenters. The molecule has 0 saturated heterocycles. The summed E-state index contributed by atoms with van der Waals surface area (Å²) in [5, 5.41) is 9.06. The molecule has 5 heteroatoms. The molecule has 0 spiro atoms. The quantitative estimate of drug-likeness (QED) is 0.256. The minimum Gasteiger partial charge on any atom is -0.508 e. The molecule has 0 radical (unpaired) electrons. The van der Waals surface area contributed by atoms with Crippen LogP contribution in [0, 0.1) is 0 Å². The Bertz CT molecular complexity index is 321. The molecule has 1 aromatic rings. The molecule has 82 valence electrons. The van der Waals surface area contributed by atoms with Crippen LogP contribution >= 0.6 is 0 Å². The molecule has 1 aromatic carbocycles. The van der Waals surface area contributed by atoms with E-state index in [-0.39, 0.29) is 5.75 Å². The van der Waals surface area contributed by atoms with Gasteiger partial charge < -0.3 is 10.8 Å². The summed E-state index contributed by atoms with van der Waals surface area (Å²) in [6.45, 7) is 2.88. The van der Waals surface area contributed by atoms with Crippen molar-refractivity contribution in [1.82, 2.24) is 10.9 Å². The summed E-state index contributed by atoms with van der Waals surface area (Å²) >= 11 is 0. The molecular formula is C10H16N4O. The second-order valence-electron chi connectivity index (χ2n) is 3.07. The first kappa shape index (κ1) is 11.3. The Morgan fingerprint density at radius 2 is 2.07 bits per heavy atom. The lowest BCUT2D eigenvalue weighted by atomic mass is 10.3. The molecule has 0 aliphatic heterocycles. The van der Waals surface area contributed by atoms with Crippen molar-refractivity contribution >= 4 is 11.6 Å². The molecule has 0 unspecified atom stereocenters. The highest BCUT2D eigenvalue weighted by Crippen LogP contribution is 2.15. The summed E-state index contributed by atoms with van der Waals surface area (Å²) in [6, 6.07) is 6.49. The first-order valence-electron chi connectivity index (χ1n) is 4.84. The Labute approximate surface area is 89.0 Å². The molecule has 0 aromatic heterocycles. The van der Waals surface area contributed by atoms with Gasteiger partial charge in [-0.1, -0.05) is 6.92 Å². The number of phenolic OH excluding ortho intramolecular Hbond substituents is 1. The molecule has 15 heavy (non-hydrogen) atoms. The van der Waals surface area contributed by atoms with Crippen LogP contribution in [0.4, 0.5) is 5.69 Å². The summed E-state index contributed by atoms with van der Waals surface area (Å²) in [6.07, 6.45) is 1.01. The van der Waals surface area contributed by atoms with Gasteiger partial charge in [-0.15, -0.1) is 0 Å². The Hall–Kier alpha value is -1.75. The number of hydrogen-bond donors (Lipinski definition) is 4. The van der Waals surface area contributed by atoms with E-state index >= 15 is 0 Å². The zero-order valence-corrected chi connectivity index (χ0v) is 8.70. The number of guanidine groups is 1. The first-order chi connectivity index (χ1) is 7.22. The van der Waals surface area contributed by atoms with Crippen LogP contribution in [0.1, 0.15) is 13.3 Å². The standard InChI is InChI=1S/C10H16N4O/c1-2-7-12-14-10(11)13-8-3-5-9(15)6-4-8/h3-6,12,15H,2,7H2,1H3,(H3,11,13,14).